The number of hydrogen-bond donors (Lipinski definition) is 2. The van der Waals surface area contributed by atoms with Crippen LogP contribution < -0.4 is 10.0 Å². The monoisotopic (exact) mass is 305 g/mol. The van der Waals surface area contributed by atoms with Gasteiger partial charge in [0.2, 0.25) is 0 Å². The third-order valence-corrected chi connectivity index (χ3v) is 4.27. The van der Waals surface area contributed by atoms with Crippen LogP contribution in [-0.4, -0.2) is 19.9 Å². The van der Waals surface area contributed by atoms with Crippen LogP contribution in [-0.2, 0) is 16.6 Å². The fourth-order valence-corrected chi connectivity index (χ4v) is 2.96. The first-order chi connectivity index (χ1) is 10.0. The SMILES string of the molecule is CCNCc1cccc(S(=O)(=O)Nc2cccc(C)n2)c1. The maximum Gasteiger partial charge on any atom is 0.263 e. The van der Waals surface area contributed by atoms with Gasteiger partial charge in [-0.25, -0.2) is 13.4 Å². The van der Waals surface area contributed by atoms with Crippen molar-refractivity contribution < 1.29 is 8.42 Å². The average molecular weight is 305 g/mol. The first kappa shape index (κ1) is 15.5. The number of pyridine rings is 1. The van der Waals surface area contributed by atoms with Crippen LogP contribution >= 0.6 is 0 Å². The maximum atomic E-state index is 12.4. The summed E-state index contributed by atoms with van der Waals surface area (Å²) < 4.78 is 27.2. The topological polar surface area (TPSA) is 71.1 Å². The Morgan fingerprint density at radius 3 is 2.62 bits per heavy atom. The summed E-state index contributed by atoms with van der Waals surface area (Å²) in [6, 6.07) is 12.1. The van der Waals surface area contributed by atoms with Crippen LogP contribution in [0.5, 0.6) is 0 Å². The van der Waals surface area contributed by atoms with Gasteiger partial charge in [-0.1, -0.05) is 25.1 Å². The van der Waals surface area contributed by atoms with Crippen molar-refractivity contribution in [1.82, 2.24) is 10.3 Å². The highest BCUT2D eigenvalue weighted by Gasteiger charge is 2.15. The first-order valence-corrected chi connectivity index (χ1v) is 8.26. The normalized spacial score (nSPS) is 11.3. The second-order valence-electron chi connectivity index (χ2n) is 4.70. The van der Waals surface area contributed by atoms with Gasteiger partial charge in [-0.3, -0.25) is 4.72 Å². The molecular formula is C15H19N3O2S. The molecule has 0 saturated carbocycles. The van der Waals surface area contributed by atoms with Gasteiger partial charge in [0.15, 0.2) is 0 Å². The molecule has 2 aromatic rings. The molecule has 21 heavy (non-hydrogen) atoms. The molecule has 2 rings (SSSR count). The second kappa shape index (κ2) is 6.69. The van der Waals surface area contributed by atoms with Gasteiger partial charge in [0.05, 0.1) is 4.90 Å². The Morgan fingerprint density at radius 2 is 1.90 bits per heavy atom. The number of sulfonamides is 1. The molecule has 0 saturated heterocycles. The number of benzene rings is 1. The molecule has 1 heterocycles. The Bertz CT molecular complexity index is 714. The predicted octanol–water partition coefficient (Wildman–Crippen LogP) is 2.30. The Hall–Kier alpha value is -1.92. The summed E-state index contributed by atoms with van der Waals surface area (Å²) in [4.78, 5) is 4.39. The van der Waals surface area contributed by atoms with Crippen molar-refractivity contribution in [2.75, 3.05) is 11.3 Å². The number of aromatic nitrogens is 1. The third-order valence-electron chi connectivity index (χ3n) is 2.92. The second-order valence-corrected chi connectivity index (χ2v) is 6.38. The molecule has 1 aromatic heterocycles. The molecular weight excluding hydrogens is 286 g/mol. The molecule has 0 bridgehead atoms. The minimum atomic E-state index is -3.62. The zero-order valence-electron chi connectivity index (χ0n) is 12.1. The molecule has 0 radical (unpaired) electrons. The molecule has 0 spiro atoms. The minimum Gasteiger partial charge on any atom is -0.313 e. The number of nitrogens with one attached hydrogen (secondary N) is 2. The number of anilines is 1. The Labute approximate surface area is 125 Å². The molecule has 1 aromatic carbocycles. The fraction of sp³-hybridized carbons (Fsp3) is 0.267. The molecule has 0 aliphatic rings. The van der Waals surface area contributed by atoms with E-state index in [4.69, 9.17) is 0 Å². The van der Waals surface area contributed by atoms with Gasteiger partial charge in [-0.05, 0) is 43.3 Å². The molecule has 0 aliphatic heterocycles. The molecule has 0 atom stereocenters. The highest BCUT2D eigenvalue weighted by molar-refractivity contribution is 7.92. The molecule has 6 heteroatoms. The predicted molar refractivity (Wildman–Crippen MR) is 83.6 cm³/mol. The van der Waals surface area contributed by atoms with Crippen molar-refractivity contribution in [3.63, 3.8) is 0 Å². The smallest absolute Gasteiger partial charge is 0.263 e. The Morgan fingerprint density at radius 1 is 1.14 bits per heavy atom. The lowest BCUT2D eigenvalue weighted by Gasteiger charge is -2.09. The largest absolute Gasteiger partial charge is 0.313 e. The number of nitrogens with zero attached hydrogens (tertiary/aromatic N) is 1. The van der Waals surface area contributed by atoms with Gasteiger partial charge in [-0.15, -0.1) is 0 Å². The van der Waals surface area contributed by atoms with Crippen LogP contribution in [0.25, 0.3) is 0 Å². The fourth-order valence-electron chi connectivity index (χ4n) is 1.89. The zero-order valence-corrected chi connectivity index (χ0v) is 12.9. The maximum absolute atomic E-state index is 12.4. The van der Waals surface area contributed by atoms with Crippen molar-refractivity contribution in [1.29, 1.82) is 0 Å². The van der Waals surface area contributed by atoms with Gasteiger partial charge in [0, 0.05) is 12.2 Å². The lowest BCUT2D eigenvalue weighted by Crippen LogP contribution is -2.16. The summed E-state index contributed by atoms with van der Waals surface area (Å²) in [7, 11) is -3.62. The zero-order chi connectivity index (χ0) is 15.3. The summed E-state index contributed by atoms with van der Waals surface area (Å²) in [5.74, 6) is 0.326. The van der Waals surface area contributed by atoms with Crippen LogP contribution in [0.4, 0.5) is 5.82 Å². The van der Waals surface area contributed by atoms with Gasteiger partial charge in [0.1, 0.15) is 5.82 Å². The highest BCUT2D eigenvalue weighted by Crippen LogP contribution is 2.16. The van der Waals surface area contributed by atoms with E-state index in [0.29, 0.717) is 12.4 Å². The lowest BCUT2D eigenvalue weighted by atomic mass is 10.2. The molecule has 0 amide bonds. The number of aryl methyl sites for hydroxylation is 1. The summed E-state index contributed by atoms with van der Waals surface area (Å²) in [6.45, 7) is 5.30. The van der Waals surface area contributed by atoms with E-state index in [1.165, 1.54) is 0 Å². The molecule has 0 unspecified atom stereocenters. The molecule has 2 N–H and O–H groups in total. The van der Waals surface area contributed by atoms with Crippen LogP contribution in [0.15, 0.2) is 47.4 Å². The highest BCUT2D eigenvalue weighted by atomic mass is 32.2. The molecule has 0 aliphatic carbocycles. The van der Waals surface area contributed by atoms with Gasteiger partial charge in [0.25, 0.3) is 10.0 Å². The summed E-state index contributed by atoms with van der Waals surface area (Å²) >= 11 is 0. The summed E-state index contributed by atoms with van der Waals surface area (Å²) in [6.07, 6.45) is 0. The number of rotatable bonds is 6. The number of hydrogen-bond acceptors (Lipinski definition) is 4. The third kappa shape index (κ3) is 4.27. The molecule has 112 valence electrons. The van der Waals surface area contributed by atoms with Gasteiger partial charge >= 0.3 is 0 Å². The van der Waals surface area contributed by atoms with E-state index < -0.39 is 10.0 Å². The van der Waals surface area contributed by atoms with Crippen LogP contribution in [0, 0.1) is 6.92 Å². The van der Waals surface area contributed by atoms with Crippen molar-refractivity contribution >= 4 is 15.8 Å². The lowest BCUT2D eigenvalue weighted by molar-refractivity contribution is 0.600. The van der Waals surface area contributed by atoms with E-state index in [1.807, 2.05) is 26.0 Å². The van der Waals surface area contributed by atoms with Crippen molar-refractivity contribution in [3.8, 4) is 0 Å². The molecule has 5 nitrogen and oxygen atoms in total. The van der Waals surface area contributed by atoms with E-state index in [0.717, 1.165) is 17.8 Å². The van der Waals surface area contributed by atoms with E-state index in [2.05, 4.69) is 15.0 Å². The van der Waals surface area contributed by atoms with Crippen molar-refractivity contribution in [2.24, 2.45) is 0 Å². The van der Waals surface area contributed by atoms with Crippen LogP contribution in [0.2, 0.25) is 0 Å². The van der Waals surface area contributed by atoms with E-state index in [9.17, 15) is 8.42 Å². The van der Waals surface area contributed by atoms with Crippen molar-refractivity contribution in [2.45, 2.75) is 25.3 Å². The van der Waals surface area contributed by atoms with Crippen LogP contribution in [0.3, 0.4) is 0 Å². The quantitative estimate of drug-likeness (QED) is 0.859. The Balaban J connectivity index is 2.23. The summed E-state index contributed by atoms with van der Waals surface area (Å²) in [5, 5.41) is 3.17. The molecule has 0 fully saturated rings. The first-order valence-electron chi connectivity index (χ1n) is 6.77. The minimum absolute atomic E-state index is 0.237. The Kier molecular flexibility index (Phi) is 4.93. The van der Waals surface area contributed by atoms with Crippen LogP contribution in [0.1, 0.15) is 18.2 Å². The van der Waals surface area contributed by atoms with E-state index in [1.54, 1.807) is 30.3 Å². The van der Waals surface area contributed by atoms with Gasteiger partial charge in [-0.2, -0.15) is 0 Å². The average Bonchev–Trinajstić information content (AvgIpc) is 2.45. The summed E-state index contributed by atoms with van der Waals surface area (Å²) in [5.41, 5.74) is 1.69. The van der Waals surface area contributed by atoms with Crippen molar-refractivity contribution in [3.05, 3.63) is 53.7 Å². The standard InChI is InChI=1S/C15H19N3O2S/c1-3-16-11-13-7-5-8-14(10-13)21(19,20)18-15-9-4-6-12(2)17-15/h4-10,16H,3,11H2,1-2H3,(H,17,18). The van der Waals surface area contributed by atoms with Gasteiger partial charge < -0.3 is 5.32 Å². The van der Waals surface area contributed by atoms with E-state index in [-0.39, 0.29) is 4.90 Å². The van der Waals surface area contributed by atoms with E-state index >= 15 is 0 Å².